The van der Waals surface area contributed by atoms with Gasteiger partial charge in [0, 0.05) is 10.7 Å². The van der Waals surface area contributed by atoms with Crippen LogP contribution in [0.3, 0.4) is 0 Å². The lowest BCUT2D eigenvalue weighted by atomic mass is 10.1. The van der Waals surface area contributed by atoms with Crippen molar-refractivity contribution in [3.63, 3.8) is 0 Å². The minimum absolute atomic E-state index is 0.159. The number of carbonyl (C=O) groups is 3. The third-order valence-electron chi connectivity index (χ3n) is 2.65. The second-order valence-electron chi connectivity index (χ2n) is 3.80. The number of nitrogens with two attached hydrogens (primary N) is 1. The number of carboxylic acids is 1. The van der Waals surface area contributed by atoms with E-state index < -0.39 is 23.2 Å². The van der Waals surface area contributed by atoms with Gasteiger partial charge in [-0.25, -0.2) is 9.59 Å². The second-order valence-corrected chi connectivity index (χ2v) is 5.93. The molecule has 0 saturated carbocycles. The first-order chi connectivity index (χ1) is 8.97. The maximum absolute atomic E-state index is 11.6. The monoisotopic (exact) mass is 304 g/mol. The minimum Gasteiger partial charge on any atom is -0.477 e. The van der Waals surface area contributed by atoms with E-state index in [-0.39, 0.29) is 17.7 Å². The third kappa shape index (κ3) is 2.45. The molecule has 0 aromatic heterocycles. The molecule has 0 aromatic rings. The van der Waals surface area contributed by atoms with Crippen LogP contribution in [0, 0.1) is 0 Å². The molecule has 0 bridgehead atoms. The number of hydrogen-bond acceptors (Lipinski definition) is 7. The van der Waals surface area contributed by atoms with Crippen LogP contribution in [0.25, 0.3) is 0 Å². The summed E-state index contributed by atoms with van der Waals surface area (Å²) in [5.41, 5.74) is 5.45. The fourth-order valence-electron chi connectivity index (χ4n) is 1.81. The number of fused-ring (bicyclic) bond motifs is 1. The molecule has 0 aromatic carbocycles. The van der Waals surface area contributed by atoms with Crippen molar-refractivity contribution in [1.82, 2.24) is 4.90 Å². The van der Waals surface area contributed by atoms with E-state index in [1.54, 1.807) is 6.92 Å². The summed E-state index contributed by atoms with van der Waals surface area (Å²) in [6.45, 7) is 1.87. The van der Waals surface area contributed by atoms with Gasteiger partial charge >= 0.3 is 11.3 Å². The van der Waals surface area contributed by atoms with E-state index in [4.69, 9.17) is 10.5 Å². The Balaban J connectivity index is 2.25. The summed E-state index contributed by atoms with van der Waals surface area (Å²) < 4.78 is 4.76. The van der Waals surface area contributed by atoms with Crippen LogP contribution in [-0.4, -0.2) is 51.0 Å². The van der Waals surface area contributed by atoms with Crippen LogP contribution in [0.1, 0.15) is 6.92 Å². The number of hydrogen-bond donors (Lipinski definition) is 2. The Morgan fingerprint density at radius 1 is 1.63 bits per heavy atom. The normalized spacial score (nSPS) is 25.8. The first-order valence-corrected chi connectivity index (χ1v) is 7.35. The maximum atomic E-state index is 11.6. The van der Waals surface area contributed by atoms with Gasteiger partial charge in [0.2, 0.25) is 5.91 Å². The van der Waals surface area contributed by atoms with Crippen molar-refractivity contribution >= 4 is 40.7 Å². The van der Waals surface area contributed by atoms with Crippen LogP contribution in [0.5, 0.6) is 0 Å². The molecule has 1 amide bonds. The van der Waals surface area contributed by atoms with E-state index in [1.165, 1.54) is 11.8 Å². The Kier molecular flexibility index (Phi) is 4.07. The summed E-state index contributed by atoms with van der Waals surface area (Å²) in [6, 6.07) is -0.673. The van der Waals surface area contributed by atoms with E-state index >= 15 is 0 Å². The molecule has 2 atom stereocenters. The summed E-state index contributed by atoms with van der Waals surface area (Å²) >= 11 is 2.05. The third-order valence-corrected chi connectivity index (χ3v) is 5.00. The lowest BCUT2D eigenvalue weighted by Crippen LogP contribution is -2.68. The zero-order valence-electron chi connectivity index (χ0n) is 9.99. The maximum Gasteiger partial charge on any atom is 0.371 e. The van der Waals surface area contributed by atoms with Crippen molar-refractivity contribution in [3.8, 4) is 0 Å². The number of nitrogens with zero attached hydrogens (tertiary/aromatic N) is 1. The summed E-state index contributed by atoms with van der Waals surface area (Å²) in [5.74, 6) is -1.35. The zero-order chi connectivity index (χ0) is 14.2. The highest BCUT2D eigenvalue weighted by atomic mass is 32.2. The van der Waals surface area contributed by atoms with Crippen molar-refractivity contribution in [1.29, 1.82) is 0 Å². The van der Waals surface area contributed by atoms with Crippen molar-refractivity contribution in [2.45, 2.75) is 18.3 Å². The first kappa shape index (κ1) is 14.2. The van der Waals surface area contributed by atoms with E-state index in [1.807, 2.05) is 0 Å². The van der Waals surface area contributed by atoms with Gasteiger partial charge in [-0.3, -0.25) is 9.69 Å². The Morgan fingerprint density at radius 2 is 2.32 bits per heavy atom. The zero-order valence-corrected chi connectivity index (χ0v) is 11.6. The molecule has 0 spiro atoms. The number of β-lactam (4-membered cyclic amide) rings is 1. The molecular formula is C10H12N2O5S2. The van der Waals surface area contributed by atoms with E-state index in [2.05, 4.69) is 0 Å². The van der Waals surface area contributed by atoms with Crippen LogP contribution in [0.15, 0.2) is 10.6 Å². The highest BCUT2D eigenvalue weighted by molar-refractivity contribution is 8.17. The molecule has 2 aliphatic rings. The molecule has 2 rings (SSSR count). The number of aliphatic carboxylic acids is 1. The molecule has 0 radical (unpaired) electrons. The number of ether oxygens (including phenoxy) is 1. The number of amides is 1. The standard InChI is InChI=1S/C10H12N2O5S2/c1-2-17-10(16)19-4-3-18-8-5(11)7(13)12(8)6(4)9(14)15/h5,8H,2-3,11H2,1H3,(H,14,15). The van der Waals surface area contributed by atoms with Crippen LogP contribution in [0.2, 0.25) is 0 Å². The van der Waals surface area contributed by atoms with Gasteiger partial charge in [-0.1, -0.05) is 0 Å². The van der Waals surface area contributed by atoms with Gasteiger partial charge in [0.1, 0.15) is 17.1 Å². The van der Waals surface area contributed by atoms with Gasteiger partial charge in [0.25, 0.3) is 0 Å². The van der Waals surface area contributed by atoms with Crippen molar-refractivity contribution in [3.05, 3.63) is 10.6 Å². The van der Waals surface area contributed by atoms with E-state index in [0.717, 1.165) is 4.90 Å². The molecule has 104 valence electrons. The predicted molar refractivity (Wildman–Crippen MR) is 70.3 cm³/mol. The first-order valence-electron chi connectivity index (χ1n) is 5.48. The highest BCUT2D eigenvalue weighted by Gasteiger charge is 2.52. The minimum atomic E-state index is -1.24. The molecule has 2 heterocycles. The summed E-state index contributed by atoms with van der Waals surface area (Å²) in [6.07, 6.45) is 0. The molecule has 2 aliphatic heterocycles. The Labute approximate surface area is 117 Å². The molecule has 2 unspecified atom stereocenters. The van der Waals surface area contributed by atoms with Gasteiger partial charge in [0.05, 0.1) is 6.61 Å². The van der Waals surface area contributed by atoms with Crippen LogP contribution >= 0.6 is 23.5 Å². The molecule has 7 nitrogen and oxygen atoms in total. The largest absolute Gasteiger partial charge is 0.477 e. The molecule has 0 aliphatic carbocycles. The van der Waals surface area contributed by atoms with Crippen molar-refractivity contribution in [2.24, 2.45) is 5.73 Å². The number of thioether (sulfide) groups is 2. The number of carboxylic acid groups (broad SMARTS) is 1. The lowest BCUT2D eigenvalue weighted by Gasteiger charge is -2.47. The fraction of sp³-hybridized carbons (Fsp3) is 0.500. The Bertz CT molecular complexity index is 479. The highest BCUT2D eigenvalue weighted by Crippen LogP contribution is 2.42. The van der Waals surface area contributed by atoms with Crippen LogP contribution < -0.4 is 5.73 Å². The van der Waals surface area contributed by atoms with Crippen molar-refractivity contribution < 1.29 is 24.2 Å². The molecular weight excluding hydrogens is 292 g/mol. The fourth-order valence-corrected chi connectivity index (χ4v) is 4.05. The van der Waals surface area contributed by atoms with Gasteiger partial charge in [-0.2, -0.15) is 0 Å². The molecule has 1 saturated heterocycles. The molecule has 9 heteroatoms. The summed E-state index contributed by atoms with van der Waals surface area (Å²) in [7, 11) is 0. The van der Waals surface area contributed by atoms with Crippen LogP contribution in [-0.2, 0) is 14.3 Å². The number of rotatable bonds is 3. The number of carbonyl (C=O) groups excluding carboxylic acids is 2. The predicted octanol–water partition coefficient (Wildman–Crippen LogP) is 0.415. The van der Waals surface area contributed by atoms with E-state index in [0.29, 0.717) is 22.4 Å². The Hall–Kier alpha value is -1.19. The topological polar surface area (TPSA) is 110 Å². The van der Waals surface area contributed by atoms with E-state index in [9.17, 15) is 19.5 Å². The van der Waals surface area contributed by atoms with Gasteiger partial charge in [-0.05, 0) is 18.7 Å². The quantitative estimate of drug-likeness (QED) is 0.570. The second kappa shape index (κ2) is 5.43. The van der Waals surface area contributed by atoms with Crippen molar-refractivity contribution in [2.75, 3.05) is 12.4 Å². The van der Waals surface area contributed by atoms with Gasteiger partial charge < -0.3 is 15.6 Å². The molecule has 19 heavy (non-hydrogen) atoms. The lowest BCUT2D eigenvalue weighted by molar-refractivity contribution is -0.147. The SMILES string of the molecule is CCOC(=O)SC1=C(C(=O)O)N2C(=O)C(N)C2SC1. The smallest absolute Gasteiger partial charge is 0.371 e. The van der Waals surface area contributed by atoms with Crippen LogP contribution in [0.4, 0.5) is 4.79 Å². The summed E-state index contributed by atoms with van der Waals surface area (Å²) in [5, 5.41) is 8.28. The average molecular weight is 304 g/mol. The summed E-state index contributed by atoms with van der Waals surface area (Å²) in [4.78, 5) is 35.8. The Morgan fingerprint density at radius 3 is 2.89 bits per heavy atom. The molecule has 1 fully saturated rings. The van der Waals surface area contributed by atoms with Gasteiger partial charge in [-0.15, -0.1) is 11.8 Å². The average Bonchev–Trinajstić information content (AvgIpc) is 2.37. The molecule has 3 N–H and O–H groups in total. The van der Waals surface area contributed by atoms with Gasteiger partial charge in [0.15, 0.2) is 0 Å².